The van der Waals surface area contributed by atoms with E-state index in [9.17, 15) is 4.79 Å². The van der Waals surface area contributed by atoms with Crippen LogP contribution in [-0.4, -0.2) is 57.0 Å². The molecule has 7 nitrogen and oxygen atoms in total. The van der Waals surface area contributed by atoms with E-state index in [4.69, 9.17) is 4.98 Å². The summed E-state index contributed by atoms with van der Waals surface area (Å²) in [6.07, 6.45) is 5.14. The second-order valence-electron chi connectivity index (χ2n) is 7.57. The van der Waals surface area contributed by atoms with Crippen LogP contribution in [0.15, 0.2) is 5.38 Å². The first-order chi connectivity index (χ1) is 13.2. The van der Waals surface area contributed by atoms with Gasteiger partial charge in [0.2, 0.25) is 0 Å². The quantitative estimate of drug-likeness (QED) is 0.871. The summed E-state index contributed by atoms with van der Waals surface area (Å²) in [5.74, 6) is 0.359. The van der Waals surface area contributed by atoms with Gasteiger partial charge in [0.25, 0.3) is 5.91 Å². The fourth-order valence-electron chi connectivity index (χ4n) is 4.12. The van der Waals surface area contributed by atoms with Gasteiger partial charge in [0.05, 0.1) is 22.4 Å². The number of carbonyl (C=O) groups excluding carboxylic acids is 1. The van der Waals surface area contributed by atoms with Gasteiger partial charge in [-0.25, -0.2) is 9.67 Å². The largest absolute Gasteiger partial charge is 0.336 e. The molecule has 2 saturated heterocycles. The molecule has 0 spiro atoms. The number of likely N-dealkylation sites (tertiary alicyclic amines) is 1. The number of hydrogen-bond acceptors (Lipinski definition) is 6. The molecule has 1 amide bonds. The van der Waals surface area contributed by atoms with Gasteiger partial charge in [-0.1, -0.05) is 12.1 Å². The number of rotatable bonds is 4. The molecule has 2 aromatic heterocycles. The summed E-state index contributed by atoms with van der Waals surface area (Å²) >= 11 is 1.73. The highest BCUT2D eigenvalue weighted by molar-refractivity contribution is 7.09. The lowest BCUT2D eigenvalue weighted by Gasteiger charge is -2.31. The molecule has 0 bridgehead atoms. The van der Waals surface area contributed by atoms with Crippen LogP contribution in [-0.2, 0) is 6.42 Å². The lowest BCUT2D eigenvalue weighted by atomic mass is 9.98. The number of aromatic nitrogens is 4. The van der Waals surface area contributed by atoms with Crippen LogP contribution in [0.1, 0.15) is 71.5 Å². The summed E-state index contributed by atoms with van der Waals surface area (Å²) in [7, 11) is 0. The monoisotopic (exact) mass is 388 g/mol. The second kappa shape index (κ2) is 8.06. The number of nitrogens with zero attached hydrogens (tertiary/aromatic N) is 5. The third kappa shape index (κ3) is 3.78. The first kappa shape index (κ1) is 18.6. The number of carbonyl (C=O) groups is 1. The highest BCUT2D eigenvalue weighted by atomic mass is 32.1. The molecule has 0 aliphatic carbocycles. The van der Waals surface area contributed by atoms with Crippen LogP contribution in [0.3, 0.4) is 0 Å². The van der Waals surface area contributed by atoms with E-state index >= 15 is 0 Å². The Kier molecular flexibility index (Phi) is 5.54. The molecule has 4 heterocycles. The zero-order valence-corrected chi connectivity index (χ0v) is 17.0. The van der Waals surface area contributed by atoms with Gasteiger partial charge in [0.15, 0.2) is 5.69 Å². The topological polar surface area (TPSA) is 75.9 Å². The van der Waals surface area contributed by atoms with Gasteiger partial charge in [0, 0.05) is 24.4 Å². The third-order valence-electron chi connectivity index (χ3n) is 5.77. The number of amides is 1. The SMILES string of the molecule is CCc1csc([C@H]2CCCN(C(=O)c3nnn(C4CCNCC4)c3C)C2)n1. The van der Waals surface area contributed by atoms with Crippen LogP contribution in [0, 0.1) is 6.92 Å². The Hall–Kier alpha value is -1.80. The van der Waals surface area contributed by atoms with E-state index < -0.39 is 0 Å². The average molecular weight is 389 g/mol. The van der Waals surface area contributed by atoms with Crippen molar-refractivity contribution < 1.29 is 4.79 Å². The van der Waals surface area contributed by atoms with E-state index in [-0.39, 0.29) is 5.91 Å². The van der Waals surface area contributed by atoms with Crippen LogP contribution in [0.2, 0.25) is 0 Å². The lowest BCUT2D eigenvalue weighted by molar-refractivity contribution is 0.0700. The van der Waals surface area contributed by atoms with Crippen LogP contribution < -0.4 is 5.32 Å². The average Bonchev–Trinajstić information content (AvgIpc) is 3.35. The van der Waals surface area contributed by atoms with Crippen LogP contribution in [0.4, 0.5) is 0 Å². The molecule has 1 N–H and O–H groups in total. The number of thiazole rings is 1. The number of nitrogens with one attached hydrogen (secondary N) is 1. The molecule has 146 valence electrons. The molecule has 0 saturated carbocycles. The van der Waals surface area contributed by atoms with E-state index in [0.29, 0.717) is 17.7 Å². The predicted molar refractivity (Wildman–Crippen MR) is 105 cm³/mol. The van der Waals surface area contributed by atoms with E-state index in [1.165, 1.54) is 5.01 Å². The minimum Gasteiger partial charge on any atom is -0.336 e. The molecule has 2 aliphatic rings. The van der Waals surface area contributed by atoms with Gasteiger partial charge in [0.1, 0.15) is 0 Å². The first-order valence-electron chi connectivity index (χ1n) is 10.0. The van der Waals surface area contributed by atoms with Crippen molar-refractivity contribution in [3.8, 4) is 0 Å². The third-order valence-corrected chi connectivity index (χ3v) is 6.83. The molecule has 0 aromatic carbocycles. The Morgan fingerprint density at radius 1 is 1.33 bits per heavy atom. The molecule has 4 rings (SSSR count). The van der Waals surface area contributed by atoms with Gasteiger partial charge >= 0.3 is 0 Å². The second-order valence-corrected chi connectivity index (χ2v) is 8.46. The van der Waals surface area contributed by atoms with Crippen molar-refractivity contribution in [2.24, 2.45) is 0 Å². The van der Waals surface area contributed by atoms with Crippen LogP contribution >= 0.6 is 11.3 Å². The predicted octanol–water partition coefficient (Wildman–Crippen LogP) is 2.55. The minimum atomic E-state index is 0.0182. The lowest BCUT2D eigenvalue weighted by Crippen LogP contribution is -2.39. The van der Waals surface area contributed by atoms with Crippen molar-refractivity contribution in [2.45, 2.75) is 57.9 Å². The maximum Gasteiger partial charge on any atom is 0.276 e. The number of aryl methyl sites for hydroxylation is 1. The Balaban J connectivity index is 1.48. The first-order valence-corrected chi connectivity index (χ1v) is 10.9. The Bertz CT molecular complexity index is 794. The fraction of sp³-hybridized carbons (Fsp3) is 0.684. The summed E-state index contributed by atoms with van der Waals surface area (Å²) in [5, 5.41) is 15.3. The van der Waals surface area contributed by atoms with Crippen LogP contribution in [0.5, 0.6) is 0 Å². The summed E-state index contributed by atoms with van der Waals surface area (Å²) in [4.78, 5) is 19.8. The van der Waals surface area contributed by atoms with Crippen molar-refractivity contribution in [1.29, 1.82) is 0 Å². The van der Waals surface area contributed by atoms with Crippen molar-refractivity contribution in [1.82, 2.24) is 30.2 Å². The maximum absolute atomic E-state index is 13.1. The van der Waals surface area contributed by atoms with E-state index in [1.54, 1.807) is 11.3 Å². The Morgan fingerprint density at radius 3 is 2.89 bits per heavy atom. The van der Waals surface area contributed by atoms with Gasteiger partial charge < -0.3 is 10.2 Å². The molecule has 0 radical (unpaired) electrons. The summed E-state index contributed by atoms with van der Waals surface area (Å²) < 4.78 is 1.96. The number of piperidine rings is 2. The maximum atomic E-state index is 13.1. The van der Waals surface area contributed by atoms with Gasteiger partial charge in [-0.05, 0) is 52.1 Å². The molecule has 2 fully saturated rings. The molecule has 8 heteroatoms. The highest BCUT2D eigenvalue weighted by Gasteiger charge is 2.30. The van der Waals surface area contributed by atoms with Crippen molar-refractivity contribution in [2.75, 3.05) is 26.2 Å². The summed E-state index contributed by atoms with van der Waals surface area (Å²) in [5.41, 5.74) is 2.57. The number of hydrogen-bond donors (Lipinski definition) is 1. The molecule has 2 aliphatic heterocycles. The molecule has 27 heavy (non-hydrogen) atoms. The van der Waals surface area contributed by atoms with Gasteiger partial charge in [-0.15, -0.1) is 16.4 Å². The van der Waals surface area contributed by atoms with Crippen molar-refractivity contribution in [3.63, 3.8) is 0 Å². The smallest absolute Gasteiger partial charge is 0.276 e. The molecule has 2 aromatic rings. The highest BCUT2D eigenvalue weighted by Crippen LogP contribution is 2.30. The normalized spacial score (nSPS) is 21.6. The molecular weight excluding hydrogens is 360 g/mol. The molecular formula is C19H28N6OS. The molecule has 0 unspecified atom stereocenters. The van der Waals surface area contributed by atoms with Gasteiger partial charge in [-0.2, -0.15) is 0 Å². The Labute approximate surface area is 164 Å². The van der Waals surface area contributed by atoms with Crippen molar-refractivity contribution in [3.05, 3.63) is 27.5 Å². The summed E-state index contributed by atoms with van der Waals surface area (Å²) in [6, 6.07) is 0.345. The zero-order valence-electron chi connectivity index (χ0n) is 16.1. The minimum absolute atomic E-state index is 0.0182. The van der Waals surface area contributed by atoms with Crippen molar-refractivity contribution >= 4 is 17.2 Å². The van der Waals surface area contributed by atoms with E-state index in [1.807, 2.05) is 16.5 Å². The Morgan fingerprint density at radius 2 is 2.15 bits per heavy atom. The van der Waals surface area contributed by atoms with Crippen LogP contribution in [0.25, 0.3) is 0 Å². The fourth-order valence-corrected chi connectivity index (χ4v) is 5.15. The zero-order chi connectivity index (χ0) is 18.8. The van der Waals surface area contributed by atoms with E-state index in [0.717, 1.165) is 69.7 Å². The van der Waals surface area contributed by atoms with E-state index in [2.05, 4.69) is 27.9 Å². The standard InChI is InChI=1S/C19H28N6OS/c1-3-15-12-27-18(21-15)14-5-4-10-24(11-14)19(26)17-13(2)25(23-22-17)16-6-8-20-9-7-16/h12,14,16,20H,3-11H2,1-2H3/t14-/m0/s1. The summed E-state index contributed by atoms with van der Waals surface area (Å²) in [6.45, 7) is 7.62. The molecule has 1 atom stereocenters. The van der Waals surface area contributed by atoms with Gasteiger partial charge in [-0.3, -0.25) is 4.79 Å².